The second-order valence-corrected chi connectivity index (χ2v) is 6.89. The highest BCUT2D eigenvalue weighted by Crippen LogP contribution is 2.40. The maximum atomic E-state index is 13.0. The van der Waals surface area contributed by atoms with E-state index in [1.165, 1.54) is 13.0 Å². The number of aryl methyl sites for hydroxylation is 1. The molecule has 1 aliphatic heterocycles. The van der Waals surface area contributed by atoms with Gasteiger partial charge in [-0.15, -0.1) is 0 Å². The highest BCUT2D eigenvalue weighted by Gasteiger charge is 2.52. The molecule has 9 heteroatoms. The molecule has 4 nitrogen and oxygen atoms in total. The van der Waals surface area contributed by atoms with Gasteiger partial charge in [0.15, 0.2) is 5.69 Å². The van der Waals surface area contributed by atoms with E-state index in [9.17, 15) is 13.2 Å². The number of aromatic amines is 1. The molecule has 1 saturated heterocycles. The molecule has 1 fully saturated rings. The molecule has 0 aromatic carbocycles. The highest BCUT2D eigenvalue weighted by atomic mass is 32.1. The van der Waals surface area contributed by atoms with Crippen molar-refractivity contribution in [2.24, 2.45) is 0 Å². The molecular formula is C14H20BF3N2O2S. The highest BCUT2D eigenvalue weighted by molar-refractivity contribution is 7.80. The van der Waals surface area contributed by atoms with Crippen LogP contribution in [0.3, 0.4) is 0 Å². The van der Waals surface area contributed by atoms with Gasteiger partial charge < -0.3 is 9.31 Å². The molecule has 0 spiro atoms. The van der Waals surface area contributed by atoms with Crippen LogP contribution in [-0.2, 0) is 15.5 Å². The summed E-state index contributed by atoms with van der Waals surface area (Å²) in [6.45, 7) is 9.07. The van der Waals surface area contributed by atoms with Crippen molar-refractivity contribution < 1.29 is 22.5 Å². The summed E-state index contributed by atoms with van der Waals surface area (Å²) in [5, 5.41) is 5.73. The Labute approximate surface area is 139 Å². The van der Waals surface area contributed by atoms with Gasteiger partial charge in [0.1, 0.15) is 0 Å². The predicted octanol–water partition coefficient (Wildman–Crippen LogP) is 3.68. The number of aromatic nitrogens is 2. The van der Waals surface area contributed by atoms with Gasteiger partial charge in [-0.05, 0) is 40.1 Å². The van der Waals surface area contributed by atoms with Crippen LogP contribution in [0.15, 0.2) is 5.47 Å². The summed E-state index contributed by atoms with van der Waals surface area (Å²) in [6.07, 6.45) is -3.13. The summed E-state index contributed by atoms with van der Waals surface area (Å²) in [7, 11) is -0.743. The minimum absolute atomic E-state index is 0.0173. The Balaban J connectivity index is 2.41. The van der Waals surface area contributed by atoms with Crippen LogP contribution in [0.5, 0.6) is 0 Å². The number of halogens is 3. The number of nitrogens with one attached hydrogen (secondary N) is 1. The lowest BCUT2D eigenvalue weighted by Gasteiger charge is -2.32. The summed E-state index contributed by atoms with van der Waals surface area (Å²) in [6, 6.07) is 0. The van der Waals surface area contributed by atoms with Gasteiger partial charge in [-0.2, -0.15) is 30.9 Å². The molecule has 1 N–H and O–H groups in total. The maximum Gasteiger partial charge on any atom is 0.491 e. The minimum Gasteiger partial charge on any atom is -0.400 e. The van der Waals surface area contributed by atoms with Crippen LogP contribution in [0, 0.1) is 6.92 Å². The second kappa shape index (κ2) is 5.86. The van der Waals surface area contributed by atoms with Crippen LogP contribution >= 0.6 is 12.6 Å². The van der Waals surface area contributed by atoms with Crippen molar-refractivity contribution in [1.82, 2.24) is 10.2 Å². The summed E-state index contributed by atoms with van der Waals surface area (Å²) >= 11 is 4.22. The van der Waals surface area contributed by atoms with Gasteiger partial charge in [-0.25, -0.2) is 0 Å². The van der Waals surface area contributed by atoms with E-state index in [1.807, 2.05) is 27.7 Å². The molecule has 0 unspecified atom stereocenters. The Morgan fingerprint density at radius 2 is 1.78 bits per heavy atom. The molecule has 0 saturated carbocycles. The molecular weight excluding hydrogens is 328 g/mol. The van der Waals surface area contributed by atoms with Crippen molar-refractivity contribution in [3.05, 3.63) is 22.4 Å². The molecule has 1 aromatic rings. The van der Waals surface area contributed by atoms with Crippen molar-refractivity contribution in [3.63, 3.8) is 0 Å². The van der Waals surface area contributed by atoms with Gasteiger partial charge in [0.05, 0.1) is 11.2 Å². The first-order chi connectivity index (χ1) is 10.4. The Morgan fingerprint density at radius 1 is 1.26 bits per heavy atom. The van der Waals surface area contributed by atoms with Crippen molar-refractivity contribution >= 4 is 25.8 Å². The fourth-order valence-electron chi connectivity index (χ4n) is 2.20. The van der Waals surface area contributed by atoms with Crippen LogP contribution < -0.4 is 0 Å². The SMILES string of the molecule is Cc1[nH]nc(C(F)(F)F)c1C=C(CS)B1OC(C)(C)C(C)(C)O1. The fourth-order valence-corrected chi connectivity index (χ4v) is 2.44. The van der Waals surface area contributed by atoms with Gasteiger partial charge >= 0.3 is 13.3 Å². The largest absolute Gasteiger partial charge is 0.491 e. The molecule has 0 atom stereocenters. The van der Waals surface area contributed by atoms with Crippen LogP contribution in [0.2, 0.25) is 0 Å². The number of hydrogen-bond acceptors (Lipinski definition) is 4. The van der Waals surface area contributed by atoms with Crippen molar-refractivity contribution in [2.45, 2.75) is 52.0 Å². The molecule has 0 aliphatic carbocycles. The van der Waals surface area contributed by atoms with Crippen LogP contribution in [0.1, 0.15) is 44.6 Å². The van der Waals surface area contributed by atoms with Gasteiger partial charge in [0.2, 0.25) is 0 Å². The van der Waals surface area contributed by atoms with E-state index in [0.29, 0.717) is 11.2 Å². The molecule has 2 heterocycles. The average Bonchev–Trinajstić information content (AvgIpc) is 2.84. The zero-order valence-electron chi connectivity index (χ0n) is 13.7. The van der Waals surface area contributed by atoms with Crippen molar-refractivity contribution in [3.8, 4) is 0 Å². The van der Waals surface area contributed by atoms with Gasteiger partial charge in [0.25, 0.3) is 0 Å². The maximum absolute atomic E-state index is 13.0. The lowest BCUT2D eigenvalue weighted by atomic mass is 9.78. The minimum atomic E-state index is -4.53. The van der Waals surface area contributed by atoms with Crippen LogP contribution in [0.4, 0.5) is 13.2 Å². The van der Waals surface area contributed by atoms with E-state index >= 15 is 0 Å². The van der Waals surface area contributed by atoms with Crippen LogP contribution in [-0.4, -0.2) is 34.3 Å². The zero-order chi connectivity index (χ0) is 17.6. The lowest BCUT2D eigenvalue weighted by molar-refractivity contribution is -0.141. The summed E-state index contributed by atoms with van der Waals surface area (Å²) in [5.41, 5.74) is -1.27. The standard InChI is InChI=1S/C14H20BF3N2O2S/c1-8-10(11(20-19-8)14(16,17)18)6-9(7-23)15-21-12(2,3)13(4,5)22-15/h6,23H,7H2,1-5H3,(H,19,20). The van der Waals surface area contributed by atoms with Gasteiger partial charge in [-0.1, -0.05) is 6.08 Å². The molecule has 0 radical (unpaired) electrons. The molecule has 0 bridgehead atoms. The number of hydrogen-bond donors (Lipinski definition) is 2. The summed E-state index contributed by atoms with van der Waals surface area (Å²) in [5.74, 6) is 0.207. The molecule has 128 valence electrons. The monoisotopic (exact) mass is 348 g/mol. The van der Waals surface area contributed by atoms with Crippen molar-refractivity contribution in [1.29, 1.82) is 0 Å². The number of H-pyrrole nitrogens is 1. The first kappa shape index (κ1) is 18.4. The Kier molecular flexibility index (Phi) is 4.69. The van der Waals surface area contributed by atoms with E-state index in [0.717, 1.165) is 0 Å². The normalized spacial score (nSPS) is 21.1. The van der Waals surface area contributed by atoms with E-state index in [4.69, 9.17) is 9.31 Å². The fraction of sp³-hybridized carbons (Fsp3) is 0.643. The summed E-state index contributed by atoms with van der Waals surface area (Å²) in [4.78, 5) is 0. The predicted molar refractivity (Wildman–Crippen MR) is 86.2 cm³/mol. The molecule has 1 aromatic heterocycles. The third-order valence-electron chi connectivity index (χ3n) is 4.33. The first-order valence-corrected chi connectivity index (χ1v) is 7.81. The number of nitrogens with zero attached hydrogens (tertiary/aromatic N) is 1. The summed E-state index contributed by atoms with van der Waals surface area (Å²) < 4.78 is 50.9. The topological polar surface area (TPSA) is 47.1 Å². The number of rotatable bonds is 3. The zero-order valence-corrected chi connectivity index (χ0v) is 14.6. The molecule has 23 heavy (non-hydrogen) atoms. The average molecular weight is 348 g/mol. The van der Waals surface area contributed by atoms with Gasteiger partial charge in [-0.3, -0.25) is 5.10 Å². The van der Waals surface area contributed by atoms with E-state index in [2.05, 4.69) is 22.8 Å². The second-order valence-electron chi connectivity index (χ2n) is 6.57. The van der Waals surface area contributed by atoms with Gasteiger partial charge in [0, 0.05) is 17.0 Å². The number of thiol groups is 1. The Bertz CT molecular complexity index is 610. The molecule has 1 aliphatic rings. The van der Waals surface area contributed by atoms with E-state index < -0.39 is 30.2 Å². The van der Waals surface area contributed by atoms with E-state index in [1.54, 1.807) is 0 Å². The first-order valence-electron chi connectivity index (χ1n) is 7.18. The molecule has 2 rings (SSSR count). The Morgan fingerprint density at radius 3 is 2.22 bits per heavy atom. The third-order valence-corrected chi connectivity index (χ3v) is 4.70. The number of alkyl halides is 3. The van der Waals surface area contributed by atoms with E-state index in [-0.39, 0.29) is 11.3 Å². The Hall–Kier alpha value is -0.925. The third kappa shape index (κ3) is 3.46. The van der Waals surface area contributed by atoms with Crippen molar-refractivity contribution in [2.75, 3.05) is 5.75 Å². The quantitative estimate of drug-likeness (QED) is 0.647. The lowest BCUT2D eigenvalue weighted by Crippen LogP contribution is -2.41. The molecule has 0 amide bonds. The smallest absolute Gasteiger partial charge is 0.400 e. The van der Waals surface area contributed by atoms with Crippen LogP contribution in [0.25, 0.3) is 6.08 Å².